The van der Waals surface area contributed by atoms with Crippen LogP contribution in [0.15, 0.2) is 42.7 Å². The molecule has 128 valence electrons. The first-order chi connectivity index (χ1) is 12.6. The summed E-state index contributed by atoms with van der Waals surface area (Å²) in [7, 11) is 2.06. The molecule has 4 rings (SSSR count). The van der Waals surface area contributed by atoms with E-state index in [0.29, 0.717) is 6.04 Å². The summed E-state index contributed by atoms with van der Waals surface area (Å²) in [6.07, 6.45) is 10.4. The molecule has 0 unspecified atom stereocenters. The van der Waals surface area contributed by atoms with E-state index in [1.807, 2.05) is 19.3 Å². The van der Waals surface area contributed by atoms with Crippen molar-refractivity contribution in [2.24, 2.45) is 13.0 Å². The Kier molecular flexibility index (Phi) is 3.97. The van der Waals surface area contributed by atoms with E-state index in [0.717, 1.165) is 34.4 Å². The zero-order valence-corrected chi connectivity index (χ0v) is 15.5. The molecule has 2 aromatic heterocycles. The van der Waals surface area contributed by atoms with Crippen LogP contribution in [0.1, 0.15) is 43.9 Å². The molecule has 0 radical (unpaired) electrons. The molecule has 3 aromatic rings. The summed E-state index contributed by atoms with van der Waals surface area (Å²) in [5, 5.41) is 2.23. The molecule has 0 amide bonds. The Morgan fingerprint density at radius 3 is 2.76 bits per heavy atom. The highest BCUT2D eigenvalue weighted by Gasteiger charge is 2.20. The van der Waals surface area contributed by atoms with Crippen LogP contribution in [-0.2, 0) is 13.5 Å². The topological polar surface area (TPSA) is 16.8 Å². The van der Waals surface area contributed by atoms with Crippen LogP contribution in [0.3, 0.4) is 0 Å². The molecule has 25 heavy (non-hydrogen) atoms. The smallest absolute Gasteiger partial charge is 0.220 e. The van der Waals surface area contributed by atoms with E-state index in [2.05, 4.69) is 47.8 Å². The van der Waals surface area contributed by atoms with Crippen molar-refractivity contribution < 1.29 is 5.94 Å². The van der Waals surface area contributed by atoms with Crippen LogP contribution in [0.2, 0.25) is 0 Å². The lowest BCUT2D eigenvalue weighted by atomic mass is 9.94. The van der Waals surface area contributed by atoms with Crippen molar-refractivity contribution in [3.63, 3.8) is 0 Å². The summed E-state index contributed by atoms with van der Waals surface area (Å²) in [6.45, 7) is 4.15. The minimum absolute atomic E-state index is 0.645. The second-order valence-electron chi connectivity index (χ2n) is 7.54. The van der Waals surface area contributed by atoms with Gasteiger partial charge in [0.05, 0.1) is 12.3 Å². The molecule has 2 nitrogen and oxygen atoms in total. The lowest BCUT2D eigenvalue weighted by Crippen LogP contribution is -2.35. The average Bonchev–Trinajstić information content (AvgIpc) is 3.15. The Morgan fingerprint density at radius 2 is 2.00 bits per heavy atom. The fraction of sp³-hybridized carbons (Fsp3) is 0.391. The predicted octanol–water partition coefficient (Wildman–Crippen LogP) is 5.08. The number of fused-ring (bicyclic) bond motifs is 1. The van der Waals surface area contributed by atoms with Crippen LogP contribution in [0.4, 0.5) is 0 Å². The molecule has 0 atom stereocenters. The summed E-state index contributed by atoms with van der Waals surface area (Å²) < 4.78 is 10.8. The lowest BCUT2D eigenvalue weighted by Gasteiger charge is -2.12. The Bertz CT molecular complexity index is 972. The third kappa shape index (κ3) is 3.06. The summed E-state index contributed by atoms with van der Waals surface area (Å²) in [4.78, 5) is 4.25. The normalized spacial score (nSPS) is 15.7. The molecule has 1 aromatic carbocycles. The molecule has 2 heterocycles. The molecule has 1 aliphatic rings. The van der Waals surface area contributed by atoms with E-state index >= 15 is 0 Å². The number of hydrogen-bond acceptors (Lipinski definition) is 1. The highest BCUT2D eigenvalue weighted by atomic mass is 14.9. The van der Waals surface area contributed by atoms with Gasteiger partial charge in [0.1, 0.15) is 7.05 Å². The largest absolute Gasteiger partial charge is 0.264 e. The molecule has 2 heteroatoms. The molecular formula is C23H27N2+. The van der Waals surface area contributed by atoms with Gasteiger partial charge in [-0.05, 0) is 47.9 Å². The number of hydrogen-bond donors (Lipinski definition) is 0. The van der Waals surface area contributed by atoms with Crippen LogP contribution < -0.4 is 4.57 Å². The van der Waals surface area contributed by atoms with Gasteiger partial charge < -0.3 is 0 Å². The van der Waals surface area contributed by atoms with Gasteiger partial charge in [0.15, 0.2) is 5.69 Å². The van der Waals surface area contributed by atoms with Crippen molar-refractivity contribution in [2.75, 3.05) is 0 Å². The molecule has 0 saturated heterocycles. The summed E-state index contributed by atoms with van der Waals surface area (Å²) >= 11 is 0. The summed E-state index contributed by atoms with van der Waals surface area (Å²) in [5.41, 5.74) is 5.92. The molecular weight excluding hydrogens is 304 g/mol. The van der Waals surface area contributed by atoms with Gasteiger partial charge in [-0.1, -0.05) is 37.8 Å². The predicted molar refractivity (Wildman–Crippen MR) is 103 cm³/mol. The van der Waals surface area contributed by atoms with E-state index in [9.17, 15) is 0 Å². The highest BCUT2D eigenvalue weighted by molar-refractivity contribution is 5.94. The monoisotopic (exact) mass is 332 g/mol. The second-order valence-corrected chi connectivity index (χ2v) is 7.54. The van der Waals surface area contributed by atoms with Crippen molar-refractivity contribution in [1.82, 2.24) is 4.98 Å². The zero-order valence-electron chi connectivity index (χ0n) is 16.5. The van der Waals surface area contributed by atoms with Gasteiger partial charge in [0.25, 0.3) is 0 Å². The maximum Gasteiger partial charge on any atom is 0.220 e. The van der Waals surface area contributed by atoms with E-state index in [1.165, 1.54) is 42.5 Å². The summed E-state index contributed by atoms with van der Waals surface area (Å²) in [6, 6.07) is 9.50. The van der Waals surface area contributed by atoms with Crippen molar-refractivity contribution in [1.29, 1.82) is 0 Å². The number of rotatable bonds is 3. The Morgan fingerprint density at radius 1 is 1.20 bits per heavy atom. The van der Waals surface area contributed by atoms with Gasteiger partial charge in [-0.15, -0.1) is 0 Å². The molecule has 0 spiro atoms. The molecule has 0 N–H and O–H groups in total. The van der Waals surface area contributed by atoms with Crippen LogP contribution >= 0.6 is 0 Å². The standard InChI is InChI=1S/C23H27N2/c1-16-15-24-11-10-21(16)23-22-9-8-19(13-18-6-4-5-7-18)14-20(22)12-17(2)25(23)3/h8-12,14-15,18H,4-7,13H2,1-3H3/q+1/i12D. The lowest BCUT2D eigenvalue weighted by molar-refractivity contribution is -0.665. The highest BCUT2D eigenvalue weighted by Crippen LogP contribution is 2.32. The number of aromatic nitrogens is 2. The molecule has 1 fully saturated rings. The first kappa shape index (κ1) is 15.1. The molecule has 0 aliphatic heterocycles. The Labute approximate surface area is 152 Å². The Balaban J connectivity index is 1.90. The molecule has 1 saturated carbocycles. The fourth-order valence-corrected chi connectivity index (χ4v) is 4.27. The minimum Gasteiger partial charge on any atom is -0.264 e. The van der Waals surface area contributed by atoms with Crippen LogP contribution in [0, 0.1) is 19.8 Å². The summed E-state index contributed by atoms with van der Waals surface area (Å²) in [5.74, 6) is 0.824. The van der Waals surface area contributed by atoms with E-state index < -0.39 is 0 Å². The maximum atomic E-state index is 8.69. The Hall–Kier alpha value is -2.22. The van der Waals surface area contributed by atoms with E-state index in [1.54, 1.807) is 0 Å². The van der Waals surface area contributed by atoms with Gasteiger partial charge >= 0.3 is 0 Å². The fourth-order valence-electron chi connectivity index (χ4n) is 4.27. The zero-order chi connectivity index (χ0) is 18.3. The van der Waals surface area contributed by atoms with Gasteiger partial charge in [0, 0.05) is 25.4 Å². The van der Waals surface area contributed by atoms with Gasteiger partial charge in [-0.2, -0.15) is 4.57 Å². The van der Waals surface area contributed by atoms with Crippen molar-refractivity contribution in [3.05, 3.63) is 59.5 Å². The minimum atomic E-state index is 0.645. The molecule has 1 aliphatic carbocycles. The van der Waals surface area contributed by atoms with Crippen LogP contribution in [0.25, 0.3) is 22.0 Å². The van der Waals surface area contributed by atoms with Crippen LogP contribution in [-0.4, -0.2) is 4.98 Å². The van der Waals surface area contributed by atoms with Gasteiger partial charge in [-0.3, -0.25) is 4.98 Å². The number of pyridine rings is 2. The SMILES string of the molecule is [2H]c1c(C)[n+](C)c(-c2ccncc2C)c2ccc(CC3CCCC3)cc12. The quantitative estimate of drug-likeness (QED) is 0.611. The average molecular weight is 332 g/mol. The van der Waals surface area contributed by atoms with Crippen molar-refractivity contribution in [2.45, 2.75) is 46.0 Å². The first-order valence-corrected chi connectivity index (χ1v) is 9.39. The van der Waals surface area contributed by atoms with E-state index in [-0.39, 0.29) is 0 Å². The van der Waals surface area contributed by atoms with Crippen LogP contribution in [0.5, 0.6) is 0 Å². The second kappa shape index (κ2) is 6.59. The number of nitrogens with zero attached hydrogens (tertiary/aromatic N) is 2. The van der Waals surface area contributed by atoms with E-state index in [4.69, 9.17) is 1.37 Å². The third-order valence-electron chi connectivity index (χ3n) is 5.77. The van der Waals surface area contributed by atoms with Gasteiger partial charge in [-0.25, -0.2) is 0 Å². The molecule has 0 bridgehead atoms. The third-order valence-corrected chi connectivity index (χ3v) is 5.77. The number of benzene rings is 1. The first-order valence-electron chi connectivity index (χ1n) is 9.89. The van der Waals surface area contributed by atoms with Gasteiger partial charge in [0.2, 0.25) is 5.69 Å². The number of aryl methyl sites for hydroxylation is 1. The van der Waals surface area contributed by atoms with Crippen molar-refractivity contribution in [3.8, 4) is 11.3 Å². The maximum absolute atomic E-state index is 8.69. The van der Waals surface area contributed by atoms with Crippen molar-refractivity contribution >= 4 is 10.8 Å².